The SMILES string of the molecule is C/C=C(\C)C(=O)N(C(=O)/C(C)=C/C)c1ccccc1I. The molecule has 0 spiro atoms. The van der Waals surface area contributed by atoms with Crippen LogP contribution >= 0.6 is 22.6 Å². The number of carbonyl (C=O) groups excluding carboxylic acids is 2. The number of nitrogens with zero attached hydrogens (tertiary/aromatic N) is 1. The van der Waals surface area contributed by atoms with Gasteiger partial charge >= 0.3 is 0 Å². The summed E-state index contributed by atoms with van der Waals surface area (Å²) in [5.41, 5.74) is 1.70. The van der Waals surface area contributed by atoms with E-state index in [0.717, 1.165) is 3.57 Å². The minimum atomic E-state index is -0.289. The molecule has 0 aliphatic rings. The Bertz CT molecular complexity index is 558. The molecule has 0 aliphatic heterocycles. The highest BCUT2D eigenvalue weighted by molar-refractivity contribution is 14.1. The first-order valence-corrected chi connectivity index (χ1v) is 7.41. The molecule has 1 aromatic carbocycles. The molecule has 106 valence electrons. The third-order valence-corrected chi connectivity index (χ3v) is 3.95. The van der Waals surface area contributed by atoms with Gasteiger partial charge in [-0.25, -0.2) is 4.90 Å². The van der Waals surface area contributed by atoms with Crippen LogP contribution in [-0.2, 0) is 9.59 Å². The highest BCUT2D eigenvalue weighted by Crippen LogP contribution is 2.25. The Morgan fingerprint density at radius 3 is 1.85 bits per heavy atom. The maximum atomic E-state index is 12.5. The van der Waals surface area contributed by atoms with E-state index in [9.17, 15) is 9.59 Å². The van der Waals surface area contributed by atoms with Gasteiger partial charge in [0.05, 0.1) is 5.69 Å². The molecule has 0 heterocycles. The lowest BCUT2D eigenvalue weighted by molar-refractivity contribution is -0.122. The van der Waals surface area contributed by atoms with Crippen molar-refractivity contribution in [2.24, 2.45) is 0 Å². The molecule has 2 amide bonds. The Balaban J connectivity index is 3.40. The van der Waals surface area contributed by atoms with Crippen molar-refractivity contribution in [2.75, 3.05) is 4.90 Å². The molecule has 3 nitrogen and oxygen atoms in total. The zero-order valence-electron chi connectivity index (χ0n) is 12.1. The van der Waals surface area contributed by atoms with Crippen LogP contribution in [-0.4, -0.2) is 11.8 Å². The molecule has 0 saturated carbocycles. The van der Waals surface area contributed by atoms with E-state index < -0.39 is 0 Å². The zero-order chi connectivity index (χ0) is 15.3. The second-order valence-electron chi connectivity index (χ2n) is 4.34. The van der Waals surface area contributed by atoms with Crippen molar-refractivity contribution in [3.05, 3.63) is 51.1 Å². The Labute approximate surface area is 133 Å². The predicted molar refractivity (Wildman–Crippen MR) is 90.5 cm³/mol. The van der Waals surface area contributed by atoms with Crippen LogP contribution in [0.2, 0.25) is 0 Å². The Morgan fingerprint density at radius 2 is 1.45 bits per heavy atom. The molecule has 0 aromatic heterocycles. The van der Waals surface area contributed by atoms with E-state index in [1.54, 1.807) is 45.9 Å². The van der Waals surface area contributed by atoms with Crippen molar-refractivity contribution in [3.8, 4) is 0 Å². The summed E-state index contributed by atoms with van der Waals surface area (Å²) in [7, 11) is 0. The van der Waals surface area contributed by atoms with E-state index in [0.29, 0.717) is 16.8 Å². The van der Waals surface area contributed by atoms with Gasteiger partial charge in [0, 0.05) is 14.7 Å². The highest BCUT2D eigenvalue weighted by Gasteiger charge is 2.26. The highest BCUT2D eigenvalue weighted by atomic mass is 127. The van der Waals surface area contributed by atoms with E-state index in [1.807, 2.05) is 18.2 Å². The van der Waals surface area contributed by atoms with Gasteiger partial charge in [0.2, 0.25) is 0 Å². The maximum Gasteiger partial charge on any atom is 0.260 e. The first-order valence-electron chi connectivity index (χ1n) is 6.33. The molecule has 1 aromatic rings. The van der Waals surface area contributed by atoms with E-state index in [2.05, 4.69) is 22.6 Å². The smallest absolute Gasteiger partial charge is 0.260 e. The fourth-order valence-electron chi connectivity index (χ4n) is 1.54. The lowest BCUT2D eigenvalue weighted by Gasteiger charge is -2.22. The Hall–Kier alpha value is -1.43. The quantitative estimate of drug-likeness (QED) is 0.583. The van der Waals surface area contributed by atoms with Gasteiger partial charge in [-0.3, -0.25) is 9.59 Å². The van der Waals surface area contributed by atoms with Gasteiger partial charge in [0.1, 0.15) is 0 Å². The summed E-state index contributed by atoms with van der Waals surface area (Å²) in [5.74, 6) is -0.578. The summed E-state index contributed by atoms with van der Waals surface area (Å²) in [6.07, 6.45) is 3.42. The third kappa shape index (κ3) is 3.56. The van der Waals surface area contributed by atoms with Gasteiger partial charge in [-0.1, -0.05) is 24.3 Å². The number of rotatable bonds is 3. The van der Waals surface area contributed by atoms with Crippen molar-refractivity contribution in [3.63, 3.8) is 0 Å². The fourth-order valence-corrected chi connectivity index (χ4v) is 2.17. The number of halogens is 1. The van der Waals surface area contributed by atoms with Crippen LogP contribution in [0.1, 0.15) is 27.7 Å². The predicted octanol–water partition coefficient (Wildman–Crippen LogP) is 4.08. The number of anilines is 1. The minimum Gasteiger partial charge on any atom is -0.269 e. The van der Waals surface area contributed by atoms with Crippen LogP contribution in [0.5, 0.6) is 0 Å². The second-order valence-corrected chi connectivity index (χ2v) is 5.50. The monoisotopic (exact) mass is 383 g/mol. The molecule has 20 heavy (non-hydrogen) atoms. The maximum absolute atomic E-state index is 12.5. The number of amides is 2. The zero-order valence-corrected chi connectivity index (χ0v) is 14.3. The van der Waals surface area contributed by atoms with Gasteiger partial charge in [-0.2, -0.15) is 0 Å². The number of carbonyl (C=O) groups is 2. The first-order chi connectivity index (χ1) is 9.43. The van der Waals surface area contributed by atoms with Gasteiger partial charge in [0.15, 0.2) is 0 Å². The molecule has 0 radical (unpaired) electrons. The summed E-state index contributed by atoms with van der Waals surface area (Å²) in [5, 5.41) is 0. The summed E-state index contributed by atoms with van der Waals surface area (Å²) in [6.45, 7) is 7.00. The molecular formula is C16H18INO2. The van der Waals surface area contributed by atoms with E-state index in [1.165, 1.54) is 4.90 Å². The lowest BCUT2D eigenvalue weighted by atomic mass is 10.1. The number of para-hydroxylation sites is 1. The number of hydrogen-bond donors (Lipinski definition) is 0. The van der Waals surface area contributed by atoms with Crippen LogP contribution in [0.4, 0.5) is 5.69 Å². The van der Waals surface area contributed by atoms with Crippen molar-refractivity contribution in [1.82, 2.24) is 0 Å². The van der Waals surface area contributed by atoms with Crippen LogP contribution < -0.4 is 4.90 Å². The lowest BCUT2D eigenvalue weighted by Crippen LogP contribution is -2.38. The average Bonchev–Trinajstić information content (AvgIpc) is 2.47. The fraction of sp³-hybridized carbons (Fsp3) is 0.250. The molecular weight excluding hydrogens is 365 g/mol. The topological polar surface area (TPSA) is 37.4 Å². The molecule has 0 atom stereocenters. The molecule has 0 unspecified atom stereocenters. The number of benzene rings is 1. The van der Waals surface area contributed by atoms with E-state index in [4.69, 9.17) is 0 Å². The molecule has 0 bridgehead atoms. The minimum absolute atomic E-state index is 0.289. The van der Waals surface area contributed by atoms with Crippen LogP contribution in [0, 0.1) is 3.57 Å². The Morgan fingerprint density at radius 1 is 1.00 bits per heavy atom. The molecule has 0 N–H and O–H groups in total. The normalized spacial score (nSPS) is 12.2. The first kappa shape index (κ1) is 16.6. The standard InChI is InChI=1S/C16H18INO2/c1-5-11(3)15(19)18(16(20)12(4)6-2)14-10-8-7-9-13(14)17/h5-10H,1-4H3/b11-5+,12-6+. The van der Waals surface area contributed by atoms with Gasteiger partial charge in [0.25, 0.3) is 11.8 Å². The van der Waals surface area contributed by atoms with Gasteiger partial charge in [-0.05, 0) is 62.4 Å². The Kier molecular flexibility index (Phi) is 6.13. The molecule has 4 heteroatoms. The molecule has 0 fully saturated rings. The van der Waals surface area contributed by atoms with Crippen LogP contribution in [0.15, 0.2) is 47.6 Å². The van der Waals surface area contributed by atoms with Crippen molar-refractivity contribution >= 4 is 40.1 Å². The van der Waals surface area contributed by atoms with E-state index >= 15 is 0 Å². The summed E-state index contributed by atoms with van der Waals surface area (Å²) < 4.78 is 0.861. The largest absolute Gasteiger partial charge is 0.269 e. The van der Waals surface area contributed by atoms with Crippen molar-refractivity contribution in [2.45, 2.75) is 27.7 Å². The van der Waals surface area contributed by atoms with Gasteiger partial charge < -0.3 is 0 Å². The third-order valence-electron chi connectivity index (χ3n) is 3.04. The van der Waals surface area contributed by atoms with Crippen molar-refractivity contribution < 1.29 is 9.59 Å². The number of imide groups is 1. The van der Waals surface area contributed by atoms with Crippen molar-refractivity contribution in [1.29, 1.82) is 0 Å². The number of hydrogen-bond acceptors (Lipinski definition) is 2. The summed E-state index contributed by atoms with van der Waals surface area (Å²) in [4.78, 5) is 26.2. The second kappa shape index (κ2) is 7.38. The average molecular weight is 383 g/mol. The molecule has 0 saturated heterocycles. The molecule has 0 aliphatic carbocycles. The molecule has 1 rings (SSSR count). The van der Waals surface area contributed by atoms with E-state index in [-0.39, 0.29) is 11.8 Å². The van der Waals surface area contributed by atoms with Crippen LogP contribution in [0.3, 0.4) is 0 Å². The van der Waals surface area contributed by atoms with Gasteiger partial charge in [-0.15, -0.1) is 0 Å². The van der Waals surface area contributed by atoms with Crippen LogP contribution in [0.25, 0.3) is 0 Å². The number of allylic oxidation sites excluding steroid dienone is 2. The summed E-state index contributed by atoms with van der Waals surface area (Å²) >= 11 is 2.13. The summed E-state index contributed by atoms with van der Waals surface area (Å²) in [6, 6.07) is 7.35.